The molecule has 0 amide bonds. The summed E-state index contributed by atoms with van der Waals surface area (Å²) in [6.45, 7) is 0. The van der Waals surface area contributed by atoms with Crippen molar-refractivity contribution in [3.63, 3.8) is 0 Å². The highest BCUT2D eigenvalue weighted by molar-refractivity contribution is 5.82. The molecule has 128 valence electrons. The van der Waals surface area contributed by atoms with Crippen LogP contribution in [-0.4, -0.2) is 12.1 Å². The van der Waals surface area contributed by atoms with Crippen molar-refractivity contribution in [2.45, 2.75) is 0 Å². The van der Waals surface area contributed by atoms with Gasteiger partial charge in [-0.25, -0.2) is 0 Å². The maximum atomic E-state index is 12.4. The highest BCUT2D eigenvalue weighted by Crippen LogP contribution is 2.26. The van der Waals surface area contributed by atoms with Gasteiger partial charge in [0.15, 0.2) is 5.43 Å². The summed E-state index contributed by atoms with van der Waals surface area (Å²) in [5, 5.41) is 0.608. The molecule has 0 aliphatic heterocycles. The minimum absolute atomic E-state index is 0.0442. The summed E-state index contributed by atoms with van der Waals surface area (Å²) in [4.78, 5) is 15.8. The van der Waals surface area contributed by atoms with Gasteiger partial charge in [-0.15, -0.1) is 0 Å². The van der Waals surface area contributed by atoms with Crippen molar-refractivity contribution in [3.05, 3.63) is 89.1 Å². The lowest BCUT2D eigenvalue weighted by Gasteiger charge is -2.08. The van der Waals surface area contributed by atoms with Crippen LogP contribution < -0.4 is 14.9 Å². The first-order valence-corrected chi connectivity index (χ1v) is 8.27. The molecule has 4 rings (SSSR count). The lowest BCUT2D eigenvalue weighted by Crippen LogP contribution is -2.03. The van der Waals surface area contributed by atoms with E-state index in [0.29, 0.717) is 11.1 Å². The van der Waals surface area contributed by atoms with Crippen LogP contribution in [0.3, 0.4) is 0 Å². The topological polar surface area (TPSA) is 51.3 Å². The smallest absolute Gasteiger partial charge is 0.190 e. The molecule has 0 radical (unpaired) electrons. The standard InChI is InChI=1S/C22H17NO3/c1-25-18-11-12-20-19(13-18)22(24)14-21(23-20)15-7-9-17(10-8-15)26-16-5-3-2-4-6-16/h2-14H,1H3,(H,23,24). The van der Waals surface area contributed by atoms with Crippen molar-refractivity contribution in [3.8, 4) is 28.5 Å². The van der Waals surface area contributed by atoms with Gasteiger partial charge in [0.25, 0.3) is 0 Å². The SMILES string of the molecule is COc1ccc2[nH]c(-c3ccc(Oc4ccccc4)cc3)cc(=O)c2c1. The average molecular weight is 343 g/mol. The van der Waals surface area contributed by atoms with E-state index in [-0.39, 0.29) is 5.43 Å². The Labute approximate surface area is 150 Å². The number of aromatic amines is 1. The maximum absolute atomic E-state index is 12.4. The number of methoxy groups -OCH3 is 1. The zero-order chi connectivity index (χ0) is 17.9. The normalized spacial score (nSPS) is 10.7. The molecule has 0 bridgehead atoms. The highest BCUT2D eigenvalue weighted by Gasteiger charge is 2.06. The van der Waals surface area contributed by atoms with Crippen LogP contribution in [0, 0.1) is 0 Å². The van der Waals surface area contributed by atoms with E-state index < -0.39 is 0 Å². The highest BCUT2D eigenvalue weighted by atomic mass is 16.5. The van der Waals surface area contributed by atoms with Crippen molar-refractivity contribution >= 4 is 10.9 Å². The summed E-state index contributed by atoms with van der Waals surface area (Å²) in [5.74, 6) is 2.19. The summed E-state index contributed by atoms with van der Waals surface area (Å²) >= 11 is 0. The number of nitrogens with one attached hydrogen (secondary N) is 1. The second-order valence-corrected chi connectivity index (χ2v) is 5.90. The first kappa shape index (κ1) is 16.0. The number of pyridine rings is 1. The summed E-state index contributed by atoms with van der Waals surface area (Å²) in [7, 11) is 1.59. The Bertz CT molecular complexity index is 1100. The molecule has 4 aromatic rings. The average Bonchev–Trinajstić information content (AvgIpc) is 2.69. The van der Waals surface area contributed by atoms with Crippen LogP contribution in [-0.2, 0) is 0 Å². The number of fused-ring (bicyclic) bond motifs is 1. The Morgan fingerprint density at radius 3 is 2.19 bits per heavy atom. The number of ether oxygens (including phenoxy) is 2. The summed E-state index contributed by atoms with van der Waals surface area (Å²) in [6.07, 6.45) is 0. The van der Waals surface area contributed by atoms with Crippen molar-refractivity contribution < 1.29 is 9.47 Å². The third-order valence-electron chi connectivity index (χ3n) is 4.18. The maximum Gasteiger partial charge on any atom is 0.190 e. The number of benzene rings is 3. The van der Waals surface area contributed by atoms with Crippen molar-refractivity contribution in [1.82, 2.24) is 4.98 Å². The predicted molar refractivity (Wildman–Crippen MR) is 103 cm³/mol. The van der Waals surface area contributed by atoms with E-state index in [1.165, 1.54) is 0 Å². The second-order valence-electron chi connectivity index (χ2n) is 5.90. The van der Waals surface area contributed by atoms with Crippen LogP contribution in [0.4, 0.5) is 0 Å². The van der Waals surface area contributed by atoms with Gasteiger partial charge in [0.1, 0.15) is 17.2 Å². The zero-order valence-electron chi connectivity index (χ0n) is 14.2. The first-order valence-electron chi connectivity index (χ1n) is 8.27. The number of aromatic nitrogens is 1. The number of para-hydroxylation sites is 1. The number of H-pyrrole nitrogens is 1. The summed E-state index contributed by atoms with van der Waals surface area (Å²) in [6, 6.07) is 24.3. The number of hydrogen-bond donors (Lipinski definition) is 1. The summed E-state index contributed by atoms with van der Waals surface area (Å²) < 4.78 is 11.0. The van der Waals surface area contributed by atoms with E-state index in [1.807, 2.05) is 66.7 Å². The molecule has 0 aliphatic carbocycles. The van der Waals surface area contributed by atoms with Crippen LogP contribution >= 0.6 is 0 Å². The number of rotatable bonds is 4. The van der Waals surface area contributed by atoms with Gasteiger partial charge in [0.2, 0.25) is 0 Å². The van der Waals surface area contributed by atoms with Crippen molar-refractivity contribution in [2.75, 3.05) is 7.11 Å². The molecule has 1 heterocycles. The van der Waals surface area contributed by atoms with E-state index >= 15 is 0 Å². The van der Waals surface area contributed by atoms with E-state index in [0.717, 1.165) is 28.3 Å². The van der Waals surface area contributed by atoms with E-state index in [2.05, 4.69) is 4.98 Å². The van der Waals surface area contributed by atoms with Gasteiger partial charge in [-0.3, -0.25) is 4.79 Å². The molecule has 0 saturated carbocycles. The Morgan fingerprint density at radius 1 is 0.769 bits per heavy atom. The molecular weight excluding hydrogens is 326 g/mol. The van der Waals surface area contributed by atoms with Gasteiger partial charge < -0.3 is 14.5 Å². The fraction of sp³-hybridized carbons (Fsp3) is 0.0455. The first-order chi connectivity index (χ1) is 12.7. The number of hydrogen-bond acceptors (Lipinski definition) is 3. The van der Waals surface area contributed by atoms with E-state index in [1.54, 1.807) is 19.2 Å². The molecule has 0 spiro atoms. The quantitative estimate of drug-likeness (QED) is 0.567. The molecule has 1 aromatic heterocycles. The molecule has 4 nitrogen and oxygen atoms in total. The minimum Gasteiger partial charge on any atom is -0.497 e. The minimum atomic E-state index is -0.0442. The van der Waals surface area contributed by atoms with E-state index in [4.69, 9.17) is 9.47 Å². The van der Waals surface area contributed by atoms with Gasteiger partial charge in [0, 0.05) is 22.7 Å². The van der Waals surface area contributed by atoms with Gasteiger partial charge in [0.05, 0.1) is 7.11 Å². The third kappa shape index (κ3) is 3.17. The fourth-order valence-electron chi connectivity index (χ4n) is 2.84. The van der Waals surface area contributed by atoms with Crippen LogP contribution in [0.25, 0.3) is 22.2 Å². The molecular formula is C22H17NO3. The van der Waals surface area contributed by atoms with Gasteiger partial charge >= 0.3 is 0 Å². The Kier molecular flexibility index (Phi) is 4.15. The molecule has 0 fully saturated rings. The van der Waals surface area contributed by atoms with Crippen LogP contribution in [0.1, 0.15) is 0 Å². The Balaban J connectivity index is 1.66. The second kappa shape index (κ2) is 6.76. The molecule has 4 heteroatoms. The Hall–Kier alpha value is -3.53. The molecule has 3 aromatic carbocycles. The summed E-state index contributed by atoms with van der Waals surface area (Å²) in [5.41, 5.74) is 2.41. The zero-order valence-corrected chi connectivity index (χ0v) is 14.2. The molecule has 0 saturated heterocycles. The Morgan fingerprint density at radius 2 is 1.46 bits per heavy atom. The van der Waals surface area contributed by atoms with Crippen LogP contribution in [0.15, 0.2) is 83.7 Å². The molecule has 0 aliphatic rings. The molecule has 1 N–H and O–H groups in total. The molecule has 0 atom stereocenters. The monoisotopic (exact) mass is 343 g/mol. The largest absolute Gasteiger partial charge is 0.497 e. The van der Waals surface area contributed by atoms with Gasteiger partial charge in [-0.2, -0.15) is 0 Å². The van der Waals surface area contributed by atoms with Gasteiger partial charge in [-0.05, 0) is 60.2 Å². The van der Waals surface area contributed by atoms with Crippen molar-refractivity contribution in [2.24, 2.45) is 0 Å². The fourth-order valence-corrected chi connectivity index (χ4v) is 2.84. The van der Waals surface area contributed by atoms with E-state index in [9.17, 15) is 4.79 Å². The van der Waals surface area contributed by atoms with Gasteiger partial charge in [-0.1, -0.05) is 18.2 Å². The molecule has 0 unspecified atom stereocenters. The lowest BCUT2D eigenvalue weighted by atomic mass is 10.1. The third-order valence-corrected chi connectivity index (χ3v) is 4.18. The molecule has 26 heavy (non-hydrogen) atoms. The van der Waals surface area contributed by atoms with Crippen LogP contribution in [0.5, 0.6) is 17.2 Å². The van der Waals surface area contributed by atoms with Crippen LogP contribution in [0.2, 0.25) is 0 Å². The van der Waals surface area contributed by atoms with Crippen molar-refractivity contribution in [1.29, 1.82) is 0 Å². The predicted octanol–water partition coefficient (Wildman–Crippen LogP) is 5.00. The lowest BCUT2D eigenvalue weighted by molar-refractivity contribution is 0.415.